The van der Waals surface area contributed by atoms with Gasteiger partial charge in [0, 0.05) is 29.7 Å². The van der Waals surface area contributed by atoms with Gasteiger partial charge in [-0.2, -0.15) is 11.8 Å². The highest BCUT2D eigenvalue weighted by molar-refractivity contribution is 8.00. The third-order valence-electron chi connectivity index (χ3n) is 3.59. The Morgan fingerprint density at radius 1 is 1.50 bits per heavy atom. The van der Waals surface area contributed by atoms with E-state index in [4.69, 9.17) is 16.7 Å². The molecule has 1 saturated heterocycles. The maximum atomic E-state index is 10.7. The fraction of sp³-hybridized carbons (Fsp3) is 0.400. The van der Waals surface area contributed by atoms with Crippen molar-refractivity contribution in [2.45, 2.75) is 25.1 Å². The average Bonchev–Trinajstić information content (AvgIpc) is 2.40. The second-order valence-electron chi connectivity index (χ2n) is 4.86. The van der Waals surface area contributed by atoms with Crippen molar-refractivity contribution in [2.24, 2.45) is 0 Å². The van der Waals surface area contributed by atoms with E-state index in [0.717, 1.165) is 29.6 Å². The normalized spacial score (nSPS) is 23.2. The van der Waals surface area contributed by atoms with E-state index in [2.05, 4.69) is 18.7 Å². The third-order valence-corrected chi connectivity index (χ3v) is 5.24. The largest absolute Gasteiger partial charge is 0.478 e. The number of anilines is 1. The molecule has 1 N–H and O–H groups in total. The highest BCUT2D eigenvalue weighted by atomic mass is 35.5. The van der Waals surface area contributed by atoms with Gasteiger partial charge in [0.25, 0.3) is 0 Å². The van der Waals surface area contributed by atoms with Gasteiger partial charge in [0.15, 0.2) is 0 Å². The molecule has 0 bridgehead atoms. The molecule has 1 aliphatic heterocycles. The van der Waals surface area contributed by atoms with Crippen LogP contribution in [0.4, 0.5) is 5.69 Å². The first-order chi connectivity index (χ1) is 9.50. The van der Waals surface area contributed by atoms with Crippen LogP contribution in [0, 0.1) is 0 Å². The van der Waals surface area contributed by atoms with E-state index < -0.39 is 5.97 Å². The van der Waals surface area contributed by atoms with Crippen molar-refractivity contribution in [3.05, 3.63) is 34.9 Å². The quantitative estimate of drug-likeness (QED) is 0.863. The van der Waals surface area contributed by atoms with E-state index in [1.54, 1.807) is 6.08 Å². The molecule has 20 heavy (non-hydrogen) atoms. The second kappa shape index (κ2) is 6.55. The van der Waals surface area contributed by atoms with E-state index >= 15 is 0 Å². The smallest absolute Gasteiger partial charge is 0.328 e. The summed E-state index contributed by atoms with van der Waals surface area (Å²) in [4.78, 5) is 13.0. The monoisotopic (exact) mass is 311 g/mol. The van der Waals surface area contributed by atoms with Crippen LogP contribution >= 0.6 is 23.4 Å². The number of aliphatic carboxylic acids is 1. The fourth-order valence-electron chi connectivity index (χ4n) is 2.38. The summed E-state index contributed by atoms with van der Waals surface area (Å²) < 4.78 is 0. The van der Waals surface area contributed by atoms with Crippen LogP contribution in [-0.4, -0.2) is 34.7 Å². The van der Waals surface area contributed by atoms with Gasteiger partial charge in [-0.25, -0.2) is 4.79 Å². The average molecular weight is 312 g/mol. The molecule has 1 aromatic carbocycles. The molecule has 0 aromatic heterocycles. The molecule has 2 atom stereocenters. The van der Waals surface area contributed by atoms with Crippen molar-refractivity contribution in [3.8, 4) is 0 Å². The number of thioether (sulfide) groups is 1. The summed E-state index contributed by atoms with van der Waals surface area (Å²) in [6.07, 6.45) is 2.77. The molecule has 1 heterocycles. The van der Waals surface area contributed by atoms with Crippen LogP contribution in [0.15, 0.2) is 24.3 Å². The molecule has 108 valence electrons. The van der Waals surface area contributed by atoms with Crippen LogP contribution in [-0.2, 0) is 4.79 Å². The highest BCUT2D eigenvalue weighted by Crippen LogP contribution is 2.36. The van der Waals surface area contributed by atoms with Gasteiger partial charge in [0.2, 0.25) is 0 Å². The van der Waals surface area contributed by atoms with Gasteiger partial charge in [0.05, 0.1) is 10.7 Å². The summed E-state index contributed by atoms with van der Waals surface area (Å²) >= 11 is 8.32. The van der Waals surface area contributed by atoms with E-state index in [0.29, 0.717) is 16.3 Å². The maximum Gasteiger partial charge on any atom is 0.328 e. The Bertz CT molecular complexity index is 533. The van der Waals surface area contributed by atoms with Crippen molar-refractivity contribution in [3.63, 3.8) is 0 Å². The summed E-state index contributed by atoms with van der Waals surface area (Å²) in [6.45, 7) is 5.32. The number of carboxylic acid groups (broad SMARTS) is 1. The lowest BCUT2D eigenvalue weighted by atomic mass is 10.1. The Hall–Kier alpha value is -1.13. The van der Waals surface area contributed by atoms with Gasteiger partial charge in [0.1, 0.15) is 0 Å². The van der Waals surface area contributed by atoms with Gasteiger partial charge in [-0.15, -0.1) is 0 Å². The van der Waals surface area contributed by atoms with Crippen LogP contribution in [0.5, 0.6) is 0 Å². The second-order valence-corrected chi connectivity index (χ2v) is 6.75. The Balaban J connectivity index is 2.41. The van der Waals surface area contributed by atoms with Crippen LogP contribution in [0.2, 0.25) is 5.02 Å². The molecule has 2 rings (SSSR count). The van der Waals surface area contributed by atoms with Crippen molar-refractivity contribution < 1.29 is 9.90 Å². The van der Waals surface area contributed by atoms with Crippen molar-refractivity contribution in [2.75, 3.05) is 17.2 Å². The molecule has 0 spiro atoms. The minimum Gasteiger partial charge on any atom is -0.478 e. The van der Waals surface area contributed by atoms with Gasteiger partial charge in [-0.3, -0.25) is 0 Å². The lowest BCUT2D eigenvalue weighted by Gasteiger charge is -2.40. The molecular formula is C15H18ClNO2S. The summed E-state index contributed by atoms with van der Waals surface area (Å²) in [5.41, 5.74) is 1.79. The van der Waals surface area contributed by atoms with E-state index in [1.165, 1.54) is 0 Å². The molecule has 1 aromatic rings. The predicted octanol–water partition coefficient (Wildman–Crippen LogP) is 3.77. The highest BCUT2D eigenvalue weighted by Gasteiger charge is 2.27. The van der Waals surface area contributed by atoms with E-state index in [9.17, 15) is 4.79 Å². The van der Waals surface area contributed by atoms with Crippen LogP contribution in [0.1, 0.15) is 19.4 Å². The number of nitrogens with zero attached hydrogens (tertiary/aromatic N) is 1. The van der Waals surface area contributed by atoms with Crippen LogP contribution in [0.3, 0.4) is 0 Å². The molecule has 1 aliphatic rings. The molecule has 0 amide bonds. The van der Waals surface area contributed by atoms with Gasteiger partial charge in [-0.05, 0) is 24.6 Å². The van der Waals surface area contributed by atoms with Crippen molar-refractivity contribution >= 4 is 41.1 Å². The number of halogens is 1. The molecule has 0 aliphatic carbocycles. The molecule has 3 nitrogen and oxygen atoms in total. The molecular weight excluding hydrogens is 294 g/mol. The lowest BCUT2D eigenvalue weighted by Crippen LogP contribution is -2.45. The first-order valence-corrected chi connectivity index (χ1v) is 8.01. The van der Waals surface area contributed by atoms with Gasteiger partial charge >= 0.3 is 5.97 Å². The Morgan fingerprint density at radius 3 is 2.95 bits per heavy atom. The minimum absolute atomic E-state index is 0.366. The van der Waals surface area contributed by atoms with Gasteiger partial charge in [-0.1, -0.05) is 30.7 Å². The van der Waals surface area contributed by atoms with Crippen molar-refractivity contribution in [1.82, 2.24) is 0 Å². The summed E-state index contributed by atoms with van der Waals surface area (Å²) in [7, 11) is 0. The topological polar surface area (TPSA) is 40.5 Å². The number of rotatable bonds is 3. The number of carbonyl (C=O) groups is 1. The number of para-hydroxylation sites is 1. The Kier molecular flexibility index (Phi) is 5.00. The SMILES string of the molecule is CC1SCCN(c2c(Cl)cccc2/C=C/C(=O)O)C1C. The molecule has 0 radical (unpaired) electrons. The number of benzene rings is 1. The fourth-order valence-corrected chi connectivity index (χ4v) is 3.77. The standard InChI is InChI=1S/C15H18ClNO2S/c1-10-11(2)20-9-8-17(10)15-12(6-7-14(18)19)4-3-5-13(15)16/h3-7,10-11H,8-9H2,1-2H3,(H,18,19)/b7-6+. The first-order valence-electron chi connectivity index (χ1n) is 6.58. The zero-order chi connectivity index (χ0) is 14.7. The summed E-state index contributed by atoms with van der Waals surface area (Å²) in [6, 6.07) is 5.97. The maximum absolute atomic E-state index is 10.7. The number of carboxylic acids is 1. The third kappa shape index (κ3) is 3.30. The molecule has 2 unspecified atom stereocenters. The molecule has 1 fully saturated rings. The minimum atomic E-state index is -0.952. The zero-order valence-electron chi connectivity index (χ0n) is 11.5. The van der Waals surface area contributed by atoms with E-state index in [-0.39, 0.29) is 0 Å². The Morgan fingerprint density at radius 2 is 2.25 bits per heavy atom. The zero-order valence-corrected chi connectivity index (χ0v) is 13.1. The number of hydrogen-bond acceptors (Lipinski definition) is 3. The molecule has 0 saturated carbocycles. The summed E-state index contributed by atoms with van der Waals surface area (Å²) in [5.74, 6) is 0.102. The predicted molar refractivity (Wildman–Crippen MR) is 86.8 cm³/mol. The summed E-state index contributed by atoms with van der Waals surface area (Å²) in [5, 5.41) is 10.00. The first kappa shape index (κ1) is 15.3. The van der Waals surface area contributed by atoms with E-state index in [1.807, 2.05) is 30.0 Å². The van der Waals surface area contributed by atoms with Gasteiger partial charge < -0.3 is 10.0 Å². The van der Waals surface area contributed by atoms with Crippen LogP contribution in [0.25, 0.3) is 6.08 Å². The lowest BCUT2D eigenvalue weighted by molar-refractivity contribution is -0.131. The van der Waals surface area contributed by atoms with Crippen LogP contribution < -0.4 is 4.90 Å². The molecule has 5 heteroatoms. The number of hydrogen-bond donors (Lipinski definition) is 1. The Labute approximate surface area is 128 Å². The van der Waals surface area contributed by atoms with Crippen molar-refractivity contribution in [1.29, 1.82) is 0 Å².